The summed E-state index contributed by atoms with van der Waals surface area (Å²) in [6.45, 7) is 0. The van der Waals surface area contributed by atoms with Gasteiger partial charge in [0.1, 0.15) is 0 Å². The Balaban J connectivity index is 1.11. The molecule has 13 aromatic rings. The first-order valence-electron chi connectivity index (χ1n) is 33.0. The smallest absolute Gasteiger partial charge is 0.179 e. The van der Waals surface area contributed by atoms with E-state index in [1.54, 1.807) is 12.1 Å². The molecule has 0 spiro atoms. The van der Waals surface area contributed by atoms with Crippen LogP contribution in [0.3, 0.4) is 0 Å². The normalized spacial score (nSPS) is 16.4. The molecule has 324 valence electrons. The summed E-state index contributed by atoms with van der Waals surface area (Å²) < 4.78 is 210. The van der Waals surface area contributed by atoms with E-state index in [-0.39, 0.29) is 37.1 Å². The number of hydrogen-bond acceptors (Lipinski definition) is 4. The molecule has 10 aromatic carbocycles. The number of rotatable bonds is 9. The van der Waals surface area contributed by atoms with Gasteiger partial charge in [0, 0.05) is 53.3 Å². The van der Waals surface area contributed by atoms with Gasteiger partial charge < -0.3 is 4.57 Å². The Hall–Kier alpha value is -8.55. The van der Waals surface area contributed by atoms with Gasteiger partial charge in [-0.1, -0.05) is 224 Å². The second-order valence-corrected chi connectivity index (χ2v) is 20.6. The zero-order chi connectivity index (χ0) is 65.7. The van der Waals surface area contributed by atoms with Crippen molar-refractivity contribution in [2.24, 2.45) is 0 Å². The Bertz CT molecular complexity index is 5180. The van der Waals surface area contributed by atoms with E-state index in [1.165, 1.54) is 0 Å². The topological polar surface area (TPSA) is 43.6 Å². The fourth-order valence-electron chi connectivity index (χ4n) is 8.92. The van der Waals surface area contributed by atoms with Gasteiger partial charge in [-0.25, -0.2) is 15.0 Å². The molecule has 0 aliphatic carbocycles. The first-order valence-corrected chi connectivity index (χ1v) is 24.3. The highest BCUT2D eigenvalue weighted by molar-refractivity contribution is 7.26. The van der Waals surface area contributed by atoms with Crippen LogP contribution in [0.4, 0.5) is 0 Å². The molecule has 6 heteroatoms. The molecule has 0 aliphatic rings. The van der Waals surface area contributed by atoms with Crippen molar-refractivity contribution in [3.63, 3.8) is 0 Å². The highest BCUT2D eigenvalue weighted by atomic mass is 32.1. The molecule has 3 heterocycles. The minimum absolute atomic E-state index is 0.0453. The maximum absolute atomic E-state index is 10.1. The molecule has 13 rings (SSSR count). The van der Waals surface area contributed by atoms with Crippen molar-refractivity contribution in [2.75, 3.05) is 0 Å². The van der Waals surface area contributed by atoms with E-state index in [0.29, 0.717) is 0 Å². The molecule has 0 saturated heterocycles. The third-order valence-corrected chi connectivity index (χ3v) is 17.9. The lowest BCUT2D eigenvalue weighted by Crippen LogP contribution is -2.74. The summed E-state index contributed by atoms with van der Waals surface area (Å²) in [5.41, 5.74) is -3.61. The molecular formula is C63H42N4SSi. The Morgan fingerprint density at radius 2 is 0.855 bits per heavy atom. The average molecular weight is 938 g/mol. The molecule has 0 amide bonds. The SMILES string of the molecule is [2H]c1c([2H])c(-c2nc(-c3ccc([Si](c4ccccc4)(c4ccccc4)c4ccccc4)cc3)nc(-c3c([2H])c([2H])c(-c4c([2H])c([2H])c([2H])c5c4sc4c([2H])c([2H])c([2H])c([2H])c45)c([2H])c3[2H])n2)c([2H])c(-n2c3c([2H])c([2H])c([2H])c([2H])c3c3c([2H])c([2H])c([2H])c([2H])c32)c1[2H]. The van der Waals surface area contributed by atoms with Crippen LogP contribution in [0, 0.1) is 0 Å². The van der Waals surface area contributed by atoms with Gasteiger partial charge in [0.25, 0.3) is 0 Å². The van der Waals surface area contributed by atoms with Gasteiger partial charge >= 0.3 is 0 Å². The van der Waals surface area contributed by atoms with Crippen molar-refractivity contribution >= 4 is 82.1 Å². The van der Waals surface area contributed by atoms with Crippen LogP contribution in [0.15, 0.2) is 254 Å². The quantitative estimate of drug-likeness (QED) is 0.107. The summed E-state index contributed by atoms with van der Waals surface area (Å²) in [5.74, 6) is -1.49. The fourth-order valence-corrected chi connectivity index (χ4v) is 14.7. The summed E-state index contributed by atoms with van der Waals surface area (Å²) >= 11 is 0.728. The van der Waals surface area contributed by atoms with Gasteiger partial charge in [-0.2, -0.15) is 0 Å². The van der Waals surface area contributed by atoms with Gasteiger partial charge in [0.05, 0.1) is 42.6 Å². The van der Waals surface area contributed by atoms with E-state index < -0.39 is 203 Å². The predicted octanol–water partition coefficient (Wildman–Crippen LogP) is 13.4. The third-order valence-electron chi connectivity index (χ3n) is 12.0. The number of thiophene rings is 1. The monoisotopic (exact) mass is 937 g/mol. The zero-order valence-electron chi connectivity index (χ0n) is 58.7. The maximum Gasteiger partial charge on any atom is 0.179 e. The van der Waals surface area contributed by atoms with Crippen molar-refractivity contribution < 1.29 is 31.5 Å². The number of fused-ring (bicyclic) bond motifs is 6. The number of hydrogen-bond donors (Lipinski definition) is 0. The van der Waals surface area contributed by atoms with Crippen LogP contribution >= 0.6 is 11.3 Å². The number of nitrogens with zero attached hydrogens (tertiary/aromatic N) is 4. The summed E-state index contributed by atoms with van der Waals surface area (Å²) in [6.07, 6.45) is 0. The van der Waals surface area contributed by atoms with E-state index in [2.05, 4.69) is 41.4 Å². The minimum Gasteiger partial charge on any atom is -0.309 e. The molecule has 3 aromatic heterocycles. The Morgan fingerprint density at radius 3 is 1.46 bits per heavy atom. The predicted molar refractivity (Wildman–Crippen MR) is 292 cm³/mol. The largest absolute Gasteiger partial charge is 0.309 e. The van der Waals surface area contributed by atoms with E-state index in [9.17, 15) is 15.1 Å². The number of aromatic nitrogens is 4. The fraction of sp³-hybridized carbons (Fsp3) is 0. The lowest BCUT2D eigenvalue weighted by atomic mass is 10.0. The van der Waals surface area contributed by atoms with E-state index in [0.717, 1.165) is 36.7 Å². The lowest BCUT2D eigenvalue weighted by Gasteiger charge is -2.34. The third kappa shape index (κ3) is 6.91. The molecule has 0 aliphatic heterocycles. The summed E-state index contributed by atoms with van der Waals surface area (Å²) in [7, 11) is -3.19. The van der Waals surface area contributed by atoms with Crippen LogP contribution in [0.1, 0.15) is 31.5 Å². The summed E-state index contributed by atoms with van der Waals surface area (Å²) in [6, 6.07) is 20.0. The van der Waals surface area contributed by atoms with E-state index >= 15 is 0 Å². The van der Waals surface area contributed by atoms with Crippen molar-refractivity contribution in [1.29, 1.82) is 0 Å². The highest BCUT2D eigenvalue weighted by Gasteiger charge is 2.41. The Kier molecular flexibility index (Phi) is 5.76. The molecule has 0 saturated carbocycles. The Morgan fingerprint density at radius 1 is 0.377 bits per heavy atom. The van der Waals surface area contributed by atoms with Gasteiger partial charge in [-0.05, 0) is 62.1 Å². The van der Waals surface area contributed by atoms with Crippen molar-refractivity contribution in [3.8, 4) is 51.0 Å². The standard InChI is InChI=1S/C63H42N4SSi/c1-4-20-48(21-5-1)69(49-22-6-2-7-23-49,50-24-8-3-9-25-50)51-40-38-45(39-41-51)62-64-61(44-36-34-43(35-37-44)52-29-17-30-56-55-28-12-15-33-59(55)68-60(52)56)65-63(66-62)46-18-16-19-47(42-46)67-57-31-13-10-26-53(57)54-27-11-14-32-58(54)67/h1-42H/i10D,11D,12D,13D,14D,15D,16D,17D,18D,19D,26D,27D,28D,29D,30D,31D,32D,33D,34D,35D,36D,37D,42D. The Labute approximate surface area is 437 Å². The van der Waals surface area contributed by atoms with Crippen LogP contribution in [-0.4, -0.2) is 27.6 Å². The summed E-state index contributed by atoms with van der Waals surface area (Å²) in [5, 5.41) is 2.89. The van der Waals surface area contributed by atoms with Crippen molar-refractivity contribution in [2.45, 2.75) is 0 Å². The summed E-state index contributed by atoms with van der Waals surface area (Å²) in [4.78, 5) is 14.3. The van der Waals surface area contributed by atoms with Crippen LogP contribution in [0.2, 0.25) is 0 Å². The first kappa shape index (κ1) is 23.4. The van der Waals surface area contributed by atoms with Gasteiger partial charge in [0.2, 0.25) is 0 Å². The van der Waals surface area contributed by atoms with Crippen LogP contribution in [-0.2, 0) is 0 Å². The minimum atomic E-state index is -3.19. The second-order valence-electron chi connectivity index (χ2n) is 15.7. The molecule has 69 heavy (non-hydrogen) atoms. The van der Waals surface area contributed by atoms with E-state index in [4.69, 9.17) is 26.4 Å². The number of para-hydroxylation sites is 2. The van der Waals surface area contributed by atoms with Crippen molar-refractivity contribution in [3.05, 3.63) is 254 Å². The van der Waals surface area contributed by atoms with Crippen molar-refractivity contribution in [1.82, 2.24) is 19.5 Å². The molecule has 0 atom stereocenters. The average Bonchev–Trinajstić information content (AvgIpc) is 1.50. The highest BCUT2D eigenvalue weighted by Crippen LogP contribution is 2.40. The zero-order valence-corrected chi connectivity index (χ0v) is 37.5. The molecule has 0 fully saturated rings. The lowest BCUT2D eigenvalue weighted by molar-refractivity contribution is 1.07. The molecular weight excluding hydrogens is 873 g/mol. The van der Waals surface area contributed by atoms with Crippen LogP contribution in [0.25, 0.3) is 93.0 Å². The molecule has 0 radical (unpaired) electrons. The second kappa shape index (κ2) is 17.0. The van der Waals surface area contributed by atoms with Gasteiger partial charge in [0.15, 0.2) is 25.5 Å². The van der Waals surface area contributed by atoms with E-state index in [1.807, 2.05) is 66.7 Å². The molecule has 4 nitrogen and oxygen atoms in total. The van der Waals surface area contributed by atoms with Crippen LogP contribution < -0.4 is 20.7 Å². The van der Waals surface area contributed by atoms with Gasteiger partial charge in [-0.15, -0.1) is 11.3 Å². The molecule has 0 N–H and O–H groups in total. The molecule has 0 unspecified atom stereocenters. The maximum atomic E-state index is 10.1. The first-order chi connectivity index (χ1) is 43.8. The van der Waals surface area contributed by atoms with Gasteiger partial charge in [-0.3, -0.25) is 0 Å². The van der Waals surface area contributed by atoms with Crippen LogP contribution in [0.5, 0.6) is 0 Å². The number of benzene rings is 10. The molecule has 0 bridgehead atoms.